The molecule has 1 aromatic carbocycles. The van der Waals surface area contributed by atoms with Crippen LogP contribution in [0.15, 0.2) is 37.2 Å². The predicted octanol–water partition coefficient (Wildman–Crippen LogP) is 2.55. The molecule has 0 amide bonds. The molecule has 0 saturated carbocycles. The van der Waals surface area contributed by atoms with Crippen molar-refractivity contribution in [1.82, 2.24) is 19.7 Å². The van der Waals surface area contributed by atoms with E-state index in [1.165, 1.54) is 6.33 Å². The highest BCUT2D eigenvalue weighted by Crippen LogP contribution is 2.31. The molecule has 0 atom stereocenters. The van der Waals surface area contributed by atoms with E-state index in [1.54, 1.807) is 23.1 Å². The average Bonchev–Trinajstić information content (AvgIpc) is 2.92. The van der Waals surface area contributed by atoms with Gasteiger partial charge in [-0.2, -0.15) is 0 Å². The zero-order chi connectivity index (χ0) is 15.7. The van der Waals surface area contributed by atoms with Crippen LogP contribution in [0.4, 0.5) is 0 Å². The van der Waals surface area contributed by atoms with E-state index in [0.717, 1.165) is 16.9 Å². The molecule has 3 rings (SSSR count). The van der Waals surface area contributed by atoms with Crippen molar-refractivity contribution in [3.63, 3.8) is 0 Å². The number of rotatable bonds is 3. The third-order valence-electron chi connectivity index (χ3n) is 3.33. The van der Waals surface area contributed by atoms with Gasteiger partial charge < -0.3 is 4.74 Å². The molecule has 2 aromatic heterocycles. The van der Waals surface area contributed by atoms with E-state index >= 15 is 0 Å². The van der Waals surface area contributed by atoms with Gasteiger partial charge in [-0.3, -0.25) is 0 Å². The van der Waals surface area contributed by atoms with E-state index < -0.39 is 0 Å². The number of ether oxygens (including phenoxy) is 1. The Balaban J connectivity index is 1.91. The van der Waals surface area contributed by atoms with Gasteiger partial charge >= 0.3 is 0 Å². The van der Waals surface area contributed by atoms with Gasteiger partial charge in [-0.05, 0) is 26.0 Å². The number of aryl methyl sites for hydroxylation is 2. The minimum Gasteiger partial charge on any atom is -0.437 e. The molecule has 0 saturated heterocycles. The number of benzene rings is 1. The Morgan fingerprint density at radius 2 is 2.05 bits per heavy atom. The quantitative estimate of drug-likeness (QED) is 0.697. The molecule has 0 aliphatic carbocycles. The summed E-state index contributed by atoms with van der Waals surface area (Å²) >= 11 is 6.31. The summed E-state index contributed by atoms with van der Waals surface area (Å²) < 4.78 is 9.38. The van der Waals surface area contributed by atoms with Crippen molar-refractivity contribution < 1.29 is 9.30 Å². The molecule has 0 aliphatic heterocycles. The van der Waals surface area contributed by atoms with Crippen LogP contribution >= 0.6 is 11.6 Å². The second-order valence-corrected chi connectivity index (χ2v) is 5.37. The van der Waals surface area contributed by atoms with Gasteiger partial charge in [0.1, 0.15) is 17.8 Å². The first-order valence-electron chi connectivity index (χ1n) is 6.70. The number of nitrogens with zero attached hydrogens (tertiary/aromatic N) is 5. The van der Waals surface area contributed by atoms with Crippen molar-refractivity contribution >= 4 is 11.6 Å². The Labute approximate surface area is 133 Å². The summed E-state index contributed by atoms with van der Waals surface area (Å²) in [6.07, 6.45) is 5.04. The van der Waals surface area contributed by atoms with Crippen molar-refractivity contribution in [1.29, 1.82) is 0 Å². The Morgan fingerprint density at radius 3 is 2.73 bits per heavy atom. The van der Waals surface area contributed by atoms with Crippen LogP contribution in [0, 0.1) is 13.8 Å². The molecule has 0 fully saturated rings. The third-order valence-corrected chi connectivity index (χ3v) is 3.62. The monoisotopic (exact) mass is 316 g/mol. The fourth-order valence-corrected chi connectivity index (χ4v) is 2.15. The van der Waals surface area contributed by atoms with Crippen molar-refractivity contribution in [2.75, 3.05) is 0 Å². The molecule has 3 aromatic rings. The number of hydrogen-bond donors (Lipinski definition) is 0. The van der Waals surface area contributed by atoms with Crippen molar-refractivity contribution in [2.24, 2.45) is 7.05 Å². The van der Waals surface area contributed by atoms with Crippen LogP contribution in [0.1, 0.15) is 11.3 Å². The first-order chi connectivity index (χ1) is 10.5. The Hall–Kier alpha value is -2.47. The van der Waals surface area contributed by atoms with Crippen LogP contribution in [0.2, 0.25) is 5.02 Å². The minimum absolute atomic E-state index is 0.492. The molecule has 22 heavy (non-hydrogen) atoms. The maximum absolute atomic E-state index is 6.31. The van der Waals surface area contributed by atoms with Gasteiger partial charge in [0.05, 0.1) is 12.1 Å². The molecule has 0 N–H and O–H groups in total. The molecule has 0 aliphatic rings. The maximum Gasteiger partial charge on any atom is 0.265 e. The lowest BCUT2D eigenvalue weighted by Crippen LogP contribution is -2.23. The van der Waals surface area contributed by atoms with Gasteiger partial charge in [0.15, 0.2) is 0 Å². The number of hydrogen-bond acceptors (Lipinski definition) is 4. The van der Waals surface area contributed by atoms with E-state index in [9.17, 15) is 0 Å². The molecule has 6 nitrogen and oxygen atoms in total. The highest BCUT2D eigenvalue weighted by molar-refractivity contribution is 6.32. The lowest BCUT2D eigenvalue weighted by Gasteiger charge is -2.10. The van der Waals surface area contributed by atoms with Gasteiger partial charge in [0.2, 0.25) is 12.2 Å². The largest absolute Gasteiger partial charge is 0.437 e. The van der Waals surface area contributed by atoms with E-state index in [2.05, 4.69) is 15.1 Å². The minimum atomic E-state index is 0.492. The smallest absolute Gasteiger partial charge is 0.265 e. The van der Waals surface area contributed by atoms with Crippen molar-refractivity contribution in [3.05, 3.63) is 53.5 Å². The molecule has 2 heterocycles. The van der Waals surface area contributed by atoms with E-state index in [4.69, 9.17) is 16.3 Å². The van der Waals surface area contributed by atoms with Crippen LogP contribution in [0.5, 0.6) is 11.6 Å². The number of halogens is 1. The summed E-state index contributed by atoms with van der Waals surface area (Å²) in [5.74, 6) is 1.05. The maximum atomic E-state index is 6.31. The van der Waals surface area contributed by atoms with Gasteiger partial charge in [-0.15, -0.1) is 0 Å². The lowest BCUT2D eigenvalue weighted by molar-refractivity contribution is -0.672. The zero-order valence-electron chi connectivity index (χ0n) is 12.5. The van der Waals surface area contributed by atoms with E-state index in [1.807, 2.05) is 37.9 Å². The van der Waals surface area contributed by atoms with Gasteiger partial charge in [-0.1, -0.05) is 16.3 Å². The van der Waals surface area contributed by atoms with Gasteiger partial charge in [-0.25, -0.2) is 14.5 Å². The van der Waals surface area contributed by atoms with Gasteiger partial charge in [0, 0.05) is 22.4 Å². The van der Waals surface area contributed by atoms with Crippen LogP contribution < -0.4 is 9.30 Å². The van der Waals surface area contributed by atoms with Crippen molar-refractivity contribution in [2.45, 2.75) is 13.8 Å². The molecular weight excluding hydrogens is 302 g/mol. The molecule has 7 heteroatoms. The zero-order valence-corrected chi connectivity index (χ0v) is 13.2. The predicted molar refractivity (Wildman–Crippen MR) is 81.3 cm³/mol. The molecule has 0 spiro atoms. The topological polar surface area (TPSA) is 56.7 Å². The summed E-state index contributed by atoms with van der Waals surface area (Å²) in [7, 11) is 1.91. The Bertz CT molecular complexity index is 831. The second-order valence-electron chi connectivity index (χ2n) is 4.96. The van der Waals surface area contributed by atoms with Crippen LogP contribution in [0.3, 0.4) is 0 Å². The van der Waals surface area contributed by atoms with E-state index in [-0.39, 0.29) is 0 Å². The summed E-state index contributed by atoms with van der Waals surface area (Å²) in [5.41, 5.74) is 2.62. The third kappa shape index (κ3) is 2.78. The summed E-state index contributed by atoms with van der Waals surface area (Å²) in [4.78, 5) is 8.27. The fraction of sp³-hybridized carbons (Fsp3) is 0.200. The summed E-state index contributed by atoms with van der Waals surface area (Å²) in [6.45, 7) is 3.82. The highest BCUT2D eigenvalue weighted by atomic mass is 35.5. The Kier molecular flexibility index (Phi) is 3.77. The number of aromatic nitrogens is 5. The Morgan fingerprint density at radius 1 is 1.23 bits per heavy atom. The molecule has 0 unspecified atom stereocenters. The summed E-state index contributed by atoms with van der Waals surface area (Å²) in [5, 5.41) is 4.72. The molecule has 0 radical (unpaired) electrons. The first-order valence-corrected chi connectivity index (χ1v) is 7.08. The van der Waals surface area contributed by atoms with E-state index in [0.29, 0.717) is 16.7 Å². The first kappa shape index (κ1) is 14.5. The van der Waals surface area contributed by atoms with Crippen LogP contribution in [-0.4, -0.2) is 19.7 Å². The van der Waals surface area contributed by atoms with Crippen molar-refractivity contribution in [3.8, 4) is 17.3 Å². The lowest BCUT2D eigenvalue weighted by atomic mass is 10.2. The second kappa shape index (κ2) is 5.73. The SMILES string of the molecule is Cc1ncnc(Oc2ccc(-n3c[n+](C)cn3)cc2Cl)c1C. The highest BCUT2D eigenvalue weighted by Gasteiger charge is 2.13. The fourth-order valence-electron chi connectivity index (χ4n) is 1.94. The van der Waals surface area contributed by atoms with Gasteiger partial charge in [0.25, 0.3) is 6.33 Å². The molecule has 0 bridgehead atoms. The summed E-state index contributed by atoms with van der Waals surface area (Å²) in [6, 6.07) is 5.49. The average molecular weight is 317 g/mol. The van der Waals surface area contributed by atoms with Crippen LogP contribution in [-0.2, 0) is 7.05 Å². The molecular formula is C15H15ClN5O+. The van der Waals surface area contributed by atoms with Crippen LogP contribution in [0.25, 0.3) is 5.69 Å². The normalized spacial score (nSPS) is 10.7. The molecule has 112 valence electrons. The standard InChI is InChI=1S/C15H15ClN5O/c1-10-11(2)17-7-18-15(10)22-14-5-4-12(6-13(14)16)21-9-20(3)8-19-21/h4-9H,1-3H3/q+1.